The van der Waals surface area contributed by atoms with Gasteiger partial charge in [0.05, 0.1) is 5.56 Å². The number of carboxylic acid groups (broad SMARTS) is 1. The molecular formula is C20H20F2N2O3. The fraction of sp³-hybridized carbons (Fsp3) is 0.300. The van der Waals surface area contributed by atoms with Crippen LogP contribution >= 0.6 is 0 Å². The Morgan fingerprint density at radius 1 is 1.15 bits per heavy atom. The number of benzene rings is 2. The second-order valence-corrected chi connectivity index (χ2v) is 6.76. The largest absolute Gasteiger partial charge is 0.478 e. The normalized spacial score (nSPS) is 14.6. The maximum atomic E-state index is 13.7. The lowest BCUT2D eigenvalue weighted by molar-refractivity contribution is -0.132. The van der Waals surface area contributed by atoms with Gasteiger partial charge in [-0.25, -0.2) is 13.6 Å². The van der Waals surface area contributed by atoms with Gasteiger partial charge in [-0.3, -0.25) is 4.79 Å². The molecule has 0 saturated carbocycles. The van der Waals surface area contributed by atoms with Crippen molar-refractivity contribution in [2.75, 3.05) is 6.54 Å². The van der Waals surface area contributed by atoms with Crippen LogP contribution in [0.25, 0.3) is 0 Å². The molecule has 0 aliphatic carbocycles. The highest BCUT2D eigenvalue weighted by molar-refractivity contribution is 5.88. The first-order valence-corrected chi connectivity index (χ1v) is 8.66. The van der Waals surface area contributed by atoms with Crippen molar-refractivity contribution >= 4 is 11.9 Å². The molecule has 27 heavy (non-hydrogen) atoms. The quantitative estimate of drug-likeness (QED) is 0.842. The predicted octanol–water partition coefficient (Wildman–Crippen LogP) is 2.51. The molecule has 1 aliphatic rings. The minimum atomic E-state index is -1.01. The summed E-state index contributed by atoms with van der Waals surface area (Å²) < 4.78 is 27.0. The van der Waals surface area contributed by atoms with Crippen LogP contribution in [-0.4, -0.2) is 34.5 Å². The minimum absolute atomic E-state index is 0.00388. The zero-order valence-electron chi connectivity index (χ0n) is 14.6. The maximum Gasteiger partial charge on any atom is 0.335 e. The molecule has 0 radical (unpaired) electrons. The summed E-state index contributed by atoms with van der Waals surface area (Å²) in [5.41, 5.74) is 8.13. The number of carbonyl (C=O) groups is 2. The lowest BCUT2D eigenvalue weighted by atomic mass is 9.96. The summed E-state index contributed by atoms with van der Waals surface area (Å²) in [5, 5.41) is 9.11. The molecule has 0 unspecified atom stereocenters. The molecule has 5 nitrogen and oxygen atoms in total. The Bertz CT molecular complexity index is 886. The number of nitrogens with zero attached hydrogens (tertiary/aromatic N) is 1. The third kappa shape index (κ3) is 4.49. The molecule has 142 valence electrons. The first-order valence-electron chi connectivity index (χ1n) is 8.66. The van der Waals surface area contributed by atoms with Gasteiger partial charge in [0.1, 0.15) is 11.6 Å². The molecule has 1 heterocycles. The van der Waals surface area contributed by atoms with Crippen LogP contribution in [0.3, 0.4) is 0 Å². The molecule has 2 aromatic rings. The van der Waals surface area contributed by atoms with Crippen LogP contribution in [0.5, 0.6) is 0 Å². The van der Waals surface area contributed by atoms with E-state index in [1.54, 1.807) is 23.1 Å². The summed E-state index contributed by atoms with van der Waals surface area (Å²) in [4.78, 5) is 25.3. The lowest BCUT2D eigenvalue weighted by Crippen LogP contribution is -2.39. The van der Waals surface area contributed by atoms with Crippen LogP contribution < -0.4 is 5.73 Å². The highest BCUT2D eigenvalue weighted by Gasteiger charge is 2.23. The molecule has 2 aromatic carbocycles. The molecule has 0 fully saturated rings. The smallest absolute Gasteiger partial charge is 0.335 e. The Labute approximate surface area is 155 Å². The number of carbonyl (C=O) groups excluding carboxylic acids is 1. The van der Waals surface area contributed by atoms with Gasteiger partial charge in [0.2, 0.25) is 5.91 Å². The van der Waals surface area contributed by atoms with Crippen LogP contribution in [0.15, 0.2) is 36.4 Å². The molecular weight excluding hydrogens is 354 g/mol. The second-order valence-electron chi connectivity index (χ2n) is 6.76. The minimum Gasteiger partial charge on any atom is -0.478 e. The Balaban J connectivity index is 1.64. The van der Waals surface area contributed by atoms with E-state index in [2.05, 4.69) is 0 Å². The van der Waals surface area contributed by atoms with Crippen molar-refractivity contribution in [3.05, 3.63) is 70.3 Å². The van der Waals surface area contributed by atoms with Gasteiger partial charge in [0, 0.05) is 25.6 Å². The number of nitrogens with two attached hydrogens (primary N) is 1. The number of amides is 1. The van der Waals surface area contributed by atoms with Crippen molar-refractivity contribution in [3.8, 4) is 0 Å². The van der Waals surface area contributed by atoms with Crippen LogP contribution in [0, 0.1) is 11.6 Å². The van der Waals surface area contributed by atoms with Crippen LogP contribution in [0.2, 0.25) is 0 Å². The van der Waals surface area contributed by atoms with Crippen molar-refractivity contribution in [1.29, 1.82) is 0 Å². The zero-order valence-corrected chi connectivity index (χ0v) is 14.6. The highest BCUT2D eigenvalue weighted by atomic mass is 19.1. The lowest BCUT2D eigenvalue weighted by Gasteiger charge is -2.30. The molecule has 1 amide bonds. The van der Waals surface area contributed by atoms with Crippen LogP contribution in [-0.2, 0) is 24.2 Å². The van der Waals surface area contributed by atoms with E-state index >= 15 is 0 Å². The molecule has 3 N–H and O–H groups in total. The first kappa shape index (κ1) is 19.0. The second kappa shape index (κ2) is 7.84. The van der Waals surface area contributed by atoms with Crippen molar-refractivity contribution in [2.24, 2.45) is 5.73 Å². The number of fused-ring (bicyclic) bond motifs is 1. The highest BCUT2D eigenvalue weighted by Crippen LogP contribution is 2.22. The summed E-state index contributed by atoms with van der Waals surface area (Å²) in [6.07, 6.45) is 0.696. The Morgan fingerprint density at radius 3 is 2.67 bits per heavy atom. The van der Waals surface area contributed by atoms with Gasteiger partial charge in [-0.15, -0.1) is 0 Å². The Hall–Kier alpha value is -2.80. The number of hydrogen-bond acceptors (Lipinski definition) is 3. The van der Waals surface area contributed by atoms with Gasteiger partial charge in [-0.05, 0) is 59.9 Å². The average Bonchev–Trinajstić information content (AvgIpc) is 2.63. The summed E-state index contributed by atoms with van der Waals surface area (Å²) >= 11 is 0. The molecule has 0 spiro atoms. The zero-order chi connectivity index (χ0) is 19.6. The van der Waals surface area contributed by atoms with E-state index in [-0.39, 0.29) is 29.9 Å². The summed E-state index contributed by atoms with van der Waals surface area (Å²) in [6.45, 7) is 0.829. The number of aromatic carboxylic acids is 1. The van der Waals surface area contributed by atoms with E-state index in [1.807, 2.05) is 0 Å². The van der Waals surface area contributed by atoms with Crippen LogP contribution in [0.4, 0.5) is 8.78 Å². The van der Waals surface area contributed by atoms with Crippen molar-refractivity contribution in [2.45, 2.75) is 31.8 Å². The fourth-order valence-electron chi connectivity index (χ4n) is 3.31. The van der Waals surface area contributed by atoms with Gasteiger partial charge in [0.25, 0.3) is 0 Å². The van der Waals surface area contributed by atoms with Gasteiger partial charge in [-0.2, -0.15) is 0 Å². The van der Waals surface area contributed by atoms with Gasteiger partial charge in [-0.1, -0.05) is 6.07 Å². The topological polar surface area (TPSA) is 83.6 Å². The molecule has 0 aromatic heterocycles. The number of carboxylic acids is 1. The molecule has 0 bridgehead atoms. The van der Waals surface area contributed by atoms with Crippen LogP contribution in [0.1, 0.15) is 33.5 Å². The number of hydrogen-bond donors (Lipinski definition) is 2. The van der Waals surface area contributed by atoms with Crippen molar-refractivity contribution < 1.29 is 23.5 Å². The Morgan fingerprint density at radius 2 is 1.93 bits per heavy atom. The monoisotopic (exact) mass is 374 g/mol. The van der Waals surface area contributed by atoms with E-state index in [1.165, 1.54) is 0 Å². The van der Waals surface area contributed by atoms with E-state index in [9.17, 15) is 18.4 Å². The van der Waals surface area contributed by atoms with E-state index in [0.29, 0.717) is 19.5 Å². The van der Waals surface area contributed by atoms with E-state index in [0.717, 1.165) is 29.3 Å². The number of rotatable bonds is 5. The van der Waals surface area contributed by atoms with Crippen molar-refractivity contribution in [3.63, 3.8) is 0 Å². The molecule has 3 rings (SSSR count). The summed E-state index contributed by atoms with van der Waals surface area (Å²) in [6, 6.07) is 7.44. The maximum absolute atomic E-state index is 13.7. The summed E-state index contributed by atoms with van der Waals surface area (Å²) in [5.74, 6) is -2.30. The predicted molar refractivity (Wildman–Crippen MR) is 95.2 cm³/mol. The summed E-state index contributed by atoms with van der Waals surface area (Å²) in [7, 11) is 0. The fourth-order valence-corrected chi connectivity index (χ4v) is 3.31. The SMILES string of the molecule is N[C@@H](CC(=O)N1CCc2ccc(C(=O)O)cc2C1)Cc1cc(F)ccc1F. The van der Waals surface area contributed by atoms with Crippen molar-refractivity contribution in [1.82, 2.24) is 4.90 Å². The average molecular weight is 374 g/mol. The van der Waals surface area contributed by atoms with E-state index < -0.39 is 23.6 Å². The van der Waals surface area contributed by atoms with Gasteiger partial charge in [0.15, 0.2) is 0 Å². The van der Waals surface area contributed by atoms with Gasteiger partial charge < -0.3 is 15.7 Å². The standard InChI is InChI=1S/C20H20F2N2O3/c21-16-3-4-18(22)14(8-16)9-17(23)10-19(25)24-6-5-12-1-2-13(20(26)27)7-15(12)11-24/h1-4,7-8,17H,5-6,9-11,23H2,(H,26,27)/t17-/m1/s1. The third-order valence-electron chi connectivity index (χ3n) is 4.74. The Kier molecular flexibility index (Phi) is 5.51. The molecule has 1 atom stereocenters. The molecule has 1 aliphatic heterocycles. The molecule has 7 heteroatoms. The number of halogens is 2. The first-order chi connectivity index (χ1) is 12.8. The van der Waals surface area contributed by atoms with E-state index in [4.69, 9.17) is 10.8 Å². The van der Waals surface area contributed by atoms with Gasteiger partial charge >= 0.3 is 5.97 Å². The third-order valence-corrected chi connectivity index (χ3v) is 4.74. The molecule has 0 saturated heterocycles.